The molecular weight excluding hydrogens is 430 g/mol. The normalized spacial score (nSPS) is 14.5. The minimum absolute atomic E-state index is 0.249. The van der Waals surface area contributed by atoms with Gasteiger partial charge in [-0.15, -0.1) is 0 Å². The van der Waals surface area contributed by atoms with Crippen LogP contribution in [-0.4, -0.2) is 64.1 Å². The molecule has 1 aliphatic rings. The average molecular weight is 456 g/mol. The summed E-state index contributed by atoms with van der Waals surface area (Å²) in [6.07, 6.45) is -0.249. The zero-order valence-corrected chi connectivity index (χ0v) is 18.9. The van der Waals surface area contributed by atoms with Crippen molar-refractivity contribution >= 4 is 40.3 Å². The molecule has 2 amide bonds. The molecule has 0 unspecified atom stereocenters. The number of hydrogen-bond acceptors (Lipinski definition) is 5. The van der Waals surface area contributed by atoms with Gasteiger partial charge in [0.1, 0.15) is 5.82 Å². The van der Waals surface area contributed by atoms with Gasteiger partial charge in [0, 0.05) is 38.9 Å². The maximum Gasteiger partial charge on any atom is 0.409 e. The van der Waals surface area contributed by atoms with E-state index in [1.165, 1.54) is 0 Å². The molecule has 2 heterocycles. The first-order chi connectivity index (χ1) is 15.5. The first kappa shape index (κ1) is 22.1. The molecule has 2 aromatic carbocycles. The lowest BCUT2D eigenvalue weighted by molar-refractivity contribution is 0.0770. The number of halogens is 1. The molecule has 1 saturated heterocycles. The number of aryl methyl sites for hydroxylation is 1. The van der Waals surface area contributed by atoms with E-state index in [1.54, 1.807) is 29.2 Å². The number of imidazole rings is 1. The van der Waals surface area contributed by atoms with Crippen LogP contribution in [0.2, 0.25) is 5.02 Å². The van der Waals surface area contributed by atoms with Crippen LogP contribution in [0.1, 0.15) is 23.1 Å². The number of benzene rings is 2. The van der Waals surface area contributed by atoms with Crippen molar-refractivity contribution in [1.29, 1.82) is 0 Å². The molecule has 1 fully saturated rings. The number of rotatable bonds is 5. The standard InChI is InChI=1S/C23H26ClN5O3/c1-3-32-23(31)29-12-10-28(11-13-29)15-21-26-19-14-16(8-9-20(19)27(21)2)25-22(30)17-6-4-5-7-18(17)24/h4-9,14H,3,10-13,15H2,1-2H3,(H,25,30). The number of piperazine rings is 1. The van der Waals surface area contributed by atoms with Crippen LogP contribution in [0.4, 0.5) is 10.5 Å². The Balaban J connectivity index is 1.43. The molecule has 1 N–H and O–H groups in total. The summed E-state index contributed by atoms with van der Waals surface area (Å²) in [5.41, 5.74) is 2.89. The number of fused-ring (bicyclic) bond motifs is 1. The number of carbonyl (C=O) groups excluding carboxylic acids is 2. The second kappa shape index (κ2) is 9.58. The Morgan fingerprint density at radius 3 is 2.59 bits per heavy atom. The topological polar surface area (TPSA) is 79.7 Å². The number of ether oxygens (including phenoxy) is 1. The lowest BCUT2D eigenvalue weighted by Crippen LogP contribution is -2.48. The molecule has 9 heteroatoms. The van der Waals surface area contributed by atoms with Gasteiger partial charge in [-0.2, -0.15) is 0 Å². The van der Waals surface area contributed by atoms with E-state index in [9.17, 15) is 9.59 Å². The Kier molecular flexibility index (Phi) is 6.62. The lowest BCUT2D eigenvalue weighted by atomic mass is 10.2. The molecular formula is C23H26ClN5O3. The van der Waals surface area contributed by atoms with Crippen LogP contribution in [0.3, 0.4) is 0 Å². The zero-order chi connectivity index (χ0) is 22.7. The van der Waals surface area contributed by atoms with Gasteiger partial charge in [0.2, 0.25) is 0 Å². The van der Waals surface area contributed by atoms with Crippen molar-refractivity contribution in [2.75, 3.05) is 38.1 Å². The van der Waals surface area contributed by atoms with Crippen LogP contribution in [0.5, 0.6) is 0 Å². The molecule has 168 valence electrons. The number of hydrogen-bond donors (Lipinski definition) is 1. The first-order valence-electron chi connectivity index (χ1n) is 10.6. The van der Waals surface area contributed by atoms with Crippen molar-refractivity contribution in [3.8, 4) is 0 Å². The second-order valence-corrected chi connectivity index (χ2v) is 8.09. The van der Waals surface area contributed by atoms with Gasteiger partial charge in [-0.05, 0) is 37.3 Å². The summed E-state index contributed by atoms with van der Waals surface area (Å²) < 4.78 is 7.14. The second-order valence-electron chi connectivity index (χ2n) is 7.69. The summed E-state index contributed by atoms with van der Waals surface area (Å²) in [7, 11) is 1.99. The third kappa shape index (κ3) is 4.71. The minimum atomic E-state index is -0.259. The summed E-state index contributed by atoms with van der Waals surface area (Å²) in [5.74, 6) is 0.671. The highest BCUT2D eigenvalue weighted by Gasteiger charge is 2.23. The molecule has 0 radical (unpaired) electrons. The summed E-state index contributed by atoms with van der Waals surface area (Å²) in [6.45, 7) is 5.70. The Morgan fingerprint density at radius 2 is 1.88 bits per heavy atom. The van der Waals surface area contributed by atoms with Crippen molar-refractivity contribution in [2.45, 2.75) is 13.5 Å². The van der Waals surface area contributed by atoms with Gasteiger partial charge >= 0.3 is 6.09 Å². The fourth-order valence-electron chi connectivity index (χ4n) is 3.82. The van der Waals surface area contributed by atoms with Gasteiger partial charge < -0.3 is 19.5 Å². The monoisotopic (exact) mass is 455 g/mol. The number of amides is 2. The average Bonchev–Trinajstić information content (AvgIpc) is 3.09. The quantitative estimate of drug-likeness (QED) is 0.633. The van der Waals surface area contributed by atoms with E-state index in [1.807, 2.05) is 32.2 Å². The van der Waals surface area contributed by atoms with Gasteiger partial charge in [-0.1, -0.05) is 23.7 Å². The Hall–Kier alpha value is -3.10. The molecule has 0 spiro atoms. The van der Waals surface area contributed by atoms with Gasteiger partial charge in [0.05, 0.1) is 34.8 Å². The predicted octanol–water partition coefficient (Wildman–Crippen LogP) is 3.75. The van der Waals surface area contributed by atoms with Crippen molar-refractivity contribution in [3.05, 3.63) is 58.9 Å². The van der Waals surface area contributed by atoms with Gasteiger partial charge in [-0.3, -0.25) is 9.69 Å². The van der Waals surface area contributed by atoms with E-state index >= 15 is 0 Å². The van der Waals surface area contributed by atoms with Gasteiger partial charge in [0.25, 0.3) is 5.91 Å². The van der Waals surface area contributed by atoms with Crippen LogP contribution in [0.25, 0.3) is 11.0 Å². The minimum Gasteiger partial charge on any atom is -0.450 e. The number of aromatic nitrogens is 2. The number of nitrogens with zero attached hydrogens (tertiary/aromatic N) is 4. The fourth-order valence-corrected chi connectivity index (χ4v) is 4.04. The molecule has 1 aliphatic heterocycles. The summed E-state index contributed by atoms with van der Waals surface area (Å²) in [5, 5.41) is 3.31. The SMILES string of the molecule is CCOC(=O)N1CCN(Cc2nc3cc(NC(=O)c4ccccc4Cl)ccc3n2C)CC1. The Bertz CT molecular complexity index is 1140. The maximum atomic E-state index is 12.6. The molecule has 1 aromatic heterocycles. The van der Waals surface area contributed by atoms with Gasteiger partial charge in [0.15, 0.2) is 0 Å². The number of anilines is 1. The molecule has 8 nitrogen and oxygen atoms in total. The van der Waals surface area contributed by atoms with E-state index in [0.717, 1.165) is 29.9 Å². The third-order valence-electron chi connectivity index (χ3n) is 5.61. The highest BCUT2D eigenvalue weighted by atomic mass is 35.5. The highest BCUT2D eigenvalue weighted by Crippen LogP contribution is 2.22. The number of carbonyl (C=O) groups is 2. The van der Waals surface area contributed by atoms with E-state index in [0.29, 0.717) is 42.5 Å². The molecule has 32 heavy (non-hydrogen) atoms. The third-order valence-corrected chi connectivity index (χ3v) is 5.94. The summed E-state index contributed by atoms with van der Waals surface area (Å²) in [6, 6.07) is 12.6. The predicted molar refractivity (Wildman–Crippen MR) is 124 cm³/mol. The van der Waals surface area contributed by atoms with Crippen molar-refractivity contribution < 1.29 is 14.3 Å². The first-order valence-corrected chi connectivity index (χ1v) is 11.0. The Labute approximate surface area is 191 Å². The van der Waals surface area contributed by atoms with Gasteiger partial charge in [-0.25, -0.2) is 9.78 Å². The number of nitrogens with one attached hydrogen (secondary N) is 1. The molecule has 4 rings (SSSR count). The molecule has 0 bridgehead atoms. The maximum absolute atomic E-state index is 12.6. The van der Waals surface area contributed by atoms with E-state index in [2.05, 4.69) is 14.8 Å². The Morgan fingerprint density at radius 1 is 1.12 bits per heavy atom. The van der Waals surface area contributed by atoms with Crippen molar-refractivity contribution in [1.82, 2.24) is 19.4 Å². The van der Waals surface area contributed by atoms with E-state index < -0.39 is 0 Å². The van der Waals surface area contributed by atoms with Crippen molar-refractivity contribution in [2.24, 2.45) is 7.05 Å². The summed E-state index contributed by atoms with van der Waals surface area (Å²) in [4.78, 5) is 33.2. The van der Waals surface area contributed by atoms with Crippen molar-refractivity contribution in [3.63, 3.8) is 0 Å². The van der Waals surface area contributed by atoms with Crippen LogP contribution < -0.4 is 5.32 Å². The van der Waals surface area contributed by atoms with E-state index in [-0.39, 0.29) is 12.0 Å². The van der Waals surface area contributed by atoms with Crippen LogP contribution in [0.15, 0.2) is 42.5 Å². The fraction of sp³-hybridized carbons (Fsp3) is 0.348. The smallest absolute Gasteiger partial charge is 0.409 e. The lowest BCUT2D eigenvalue weighted by Gasteiger charge is -2.33. The molecule has 0 aliphatic carbocycles. The molecule has 0 atom stereocenters. The van der Waals surface area contributed by atoms with Crippen LogP contribution in [-0.2, 0) is 18.3 Å². The summed E-state index contributed by atoms with van der Waals surface area (Å²) >= 11 is 6.13. The highest BCUT2D eigenvalue weighted by molar-refractivity contribution is 6.34. The molecule has 0 saturated carbocycles. The van der Waals surface area contributed by atoms with Crippen LogP contribution >= 0.6 is 11.6 Å². The molecule has 3 aromatic rings. The zero-order valence-electron chi connectivity index (χ0n) is 18.2. The van der Waals surface area contributed by atoms with E-state index in [4.69, 9.17) is 21.3 Å². The largest absolute Gasteiger partial charge is 0.450 e. The van der Waals surface area contributed by atoms with Crippen LogP contribution in [0, 0.1) is 0 Å².